The van der Waals surface area contributed by atoms with Crippen molar-refractivity contribution in [3.05, 3.63) is 39.4 Å². The minimum atomic E-state index is -0.989. The number of primary amides is 1. The van der Waals surface area contributed by atoms with E-state index in [1.165, 1.54) is 12.1 Å². The summed E-state index contributed by atoms with van der Waals surface area (Å²) in [7, 11) is 0. The molecule has 0 aromatic heterocycles. The fraction of sp³-hybridized carbons (Fsp3) is 0.200. The molecule has 1 aromatic carbocycles. The second-order valence-corrected chi connectivity index (χ2v) is 4.34. The minimum Gasteiger partial charge on any atom is -0.481 e. The van der Waals surface area contributed by atoms with Crippen molar-refractivity contribution in [1.29, 1.82) is 0 Å². The molecule has 0 atom stereocenters. The van der Waals surface area contributed by atoms with Crippen LogP contribution >= 0.6 is 11.8 Å². The van der Waals surface area contributed by atoms with E-state index in [0.29, 0.717) is 5.56 Å². The number of rotatable bonds is 6. The number of amides is 1. The van der Waals surface area contributed by atoms with Gasteiger partial charge in [-0.25, -0.2) is 0 Å². The summed E-state index contributed by atoms with van der Waals surface area (Å²) in [5.41, 5.74) is 5.20. The summed E-state index contributed by atoms with van der Waals surface area (Å²) in [6.07, 6.45) is 0. The maximum Gasteiger partial charge on any atom is 0.313 e. The Balaban J connectivity index is 2.93. The first kappa shape index (κ1) is 14.0. The molecule has 0 unspecified atom stereocenters. The van der Waals surface area contributed by atoms with Crippen molar-refractivity contribution in [2.45, 2.75) is 5.75 Å². The van der Waals surface area contributed by atoms with Crippen LogP contribution in [0.25, 0.3) is 0 Å². The molecule has 0 aliphatic heterocycles. The first-order chi connectivity index (χ1) is 8.41. The van der Waals surface area contributed by atoms with E-state index < -0.39 is 16.8 Å². The molecule has 0 aliphatic rings. The van der Waals surface area contributed by atoms with Crippen molar-refractivity contribution in [2.24, 2.45) is 5.73 Å². The predicted molar refractivity (Wildman–Crippen MR) is 65.4 cm³/mol. The van der Waals surface area contributed by atoms with Gasteiger partial charge in [0.2, 0.25) is 5.91 Å². The van der Waals surface area contributed by atoms with Crippen LogP contribution in [0.15, 0.2) is 18.2 Å². The highest BCUT2D eigenvalue weighted by Gasteiger charge is 2.16. The number of carboxylic acids is 1. The van der Waals surface area contributed by atoms with Gasteiger partial charge in [-0.05, 0) is 6.07 Å². The number of carbonyl (C=O) groups excluding carboxylic acids is 1. The van der Waals surface area contributed by atoms with Crippen LogP contribution in [0.1, 0.15) is 15.9 Å². The molecule has 0 radical (unpaired) electrons. The lowest BCUT2D eigenvalue weighted by atomic mass is 10.1. The summed E-state index contributed by atoms with van der Waals surface area (Å²) in [5, 5.41) is 19.3. The highest BCUT2D eigenvalue weighted by Crippen LogP contribution is 2.24. The molecule has 0 heterocycles. The highest BCUT2D eigenvalue weighted by atomic mass is 32.2. The summed E-state index contributed by atoms with van der Waals surface area (Å²) in [5.74, 6) is -1.70. The number of hydrogen-bond donors (Lipinski definition) is 2. The predicted octanol–water partition coefficient (Wildman–Crippen LogP) is 1.01. The molecule has 1 amide bonds. The number of carboxylic acid groups (broad SMARTS) is 1. The van der Waals surface area contributed by atoms with Gasteiger partial charge in [-0.15, -0.1) is 11.8 Å². The first-order valence-electron chi connectivity index (χ1n) is 4.78. The number of benzene rings is 1. The average Bonchev–Trinajstić information content (AvgIpc) is 2.28. The molecule has 1 rings (SSSR count). The zero-order chi connectivity index (χ0) is 13.7. The smallest absolute Gasteiger partial charge is 0.313 e. The van der Waals surface area contributed by atoms with Crippen LogP contribution in [0.3, 0.4) is 0 Å². The van der Waals surface area contributed by atoms with E-state index in [1.54, 1.807) is 0 Å². The molecule has 0 aliphatic carbocycles. The molecule has 0 bridgehead atoms. The number of nitro benzene ring substituents is 1. The van der Waals surface area contributed by atoms with Crippen LogP contribution in [0.5, 0.6) is 0 Å². The third kappa shape index (κ3) is 3.74. The third-order valence-corrected chi connectivity index (χ3v) is 3.02. The number of nitrogens with zero attached hydrogens (tertiary/aromatic N) is 1. The molecule has 7 nitrogen and oxygen atoms in total. The third-order valence-electron chi connectivity index (χ3n) is 2.05. The average molecular weight is 270 g/mol. The Morgan fingerprint density at radius 3 is 2.61 bits per heavy atom. The second kappa shape index (κ2) is 6.01. The summed E-state index contributed by atoms with van der Waals surface area (Å²) in [6, 6.07) is 3.89. The second-order valence-electron chi connectivity index (χ2n) is 3.35. The number of aliphatic carboxylic acids is 1. The zero-order valence-corrected chi connectivity index (χ0v) is 9.98. The minimum absolute atomic E-state index is 0.0497. The van der Waals surface area contributed by atoms with Crippen molar-refractivity contribution in [1.82, 2.24) is 0 Å². The largest absolute Gasteiger partial charge is 0.481 e. The monoisotopic (exact) mass is 270 g/mol. The molecule has 0 saturated heterocycles. The van der Waals surface area contributed by atoms with Gasteiger partial charge in [0.25, 0.3) is 5.69 Å². The maximum absolute atomic E-state index is 10.9. The van der Waals surface area contributed by atoms with Gasteiger partial charge in [-0.2, -0.15) is 0 Å². The van der Waals surface area contributed by atoms with Gasteiger partial charge >= 0.3 is 5.97 Å². The van der Waals surface area contributed by atoms with Gasteiger partial charge in [0, 0.05) is 22.9 Å². The van der Waals surface area contributed by atoms with Crippen LogP contribution in [0.2, 0.25) is 0 Å². The number of nitro groups is 1. The van der Waals surface area contributed by atoms with Gasteiger partial charge in [0.15, 0.2) is 0 Å². The molecule has 18 heavy (non-hydrogen) atoms. The van der Waals surface area contributed by atoms with E-state index >= 15 is 0 Å². The molecule has 0 saturated carbocycles. The molecule has 0 fully saturated rings. The van der Waals surface area contributed by atoms with Crippen molar-refractivity contribution in [3.63, 3.8) is 0 Å². The van der Waals surface area contributed by atoms with E-state index in [2.05, 4.69) is 0 Å². The van der Waals surface area contributed by atoms with Crippen LogP contribution in [-0.2, 0) is 10.5 Å². The lowest BCUT2D eigenvalue weighted by molar-refractivity contribution is -0.385. The summed E-state index contributed by atoms with van der Waals surface area (Å²) < 4.78 is 0. The zero-order valence-electron chi connectivity index (χ0n) is 9.16. The highest BCUT2D eigenvalue weighted by molar-refractivity contribution is 7.99. The Hall–Kier alpha value is -2.09. The molecule has 3 N–H and O–H groups in total. The Morgan fingerprint density at radius 2 is 2.11 bits per heavy atom. The van der Waals surface area contributed by atoms with Crippen molar-refractivity contribution < 1.29 is 19.6 Å². The molecule has 8 heteroatoms. The Bertz CT molecular complexity index is 503. The lowest BCUT2D eigenvalue weighted by Gasteiger charge is -2.03. The molecular formula is C10H10N2O5S. The first-order valence-corrected chi connectivity index (χ1v) is 5.94. The fourth-order valence-corrected chi connectivity index (χ4v) is 2.00. The Kier molecular flexibility index (Phi) is 4.67. The van der Waals surface area contributed by atoms with Gasteiger partial charge in [-0.3, -0.25) is 19.7 Å². The van der Waals surface area contributed by atoms with Gasteiger partial charge in [0.1, 0.15) is 0 Å². The summed E-state index contributed by atoms with van der Waals surface area (Å²) in [4.78, 5) is 31.4. The van der Waals surface area contributed by atoms with Crippen LogP contribution in [-0.4, -0.2) is 27.7 Å². The van der Waals surface area contributed by atoms with Crippen molar-refractivity contribution in [3.8, 4) is 0 Å². The fourth-order valence-electron chi connectivity index (χ4n) is 1.26. The molecule has 1 aromatic rings. The van der Waals surface area contributed by atoms with E-state index in [9.17, 15) is 19.7 Å². The standard InChI is InChI=1S/C10H10N2O5S/c11-10(15)6-1-2-7(4-18-5-9(13)14)8(3-6)12(16)17/h1-3H,4-5H2,(H2,11,15)(H,13,14). The maximum atomic E-state index is 10.9. The molecular weight excluding hydrogens is 260 g/mol. The van der Waals surface area contributed by atoms with Crippen molar-refractivity contribution in [2.75, 3.05) is 5.75 Å². The lowest BCUT2D eigenvalue weighted by Crippen LogP contribution is -2.11. The number of carbonyl (C=O) groups is 2. The van der Waals surface area contributed by atoms with E-state index in [4.69, 9.17) is 10.8 Å². The van der Waals surface area contributed by atoms with Gasteiger partial charge < -0.3 is 10.8 Å². The number of thioether (sulfide) groups is 1. The normalized spacial score (nSPS) is 10.0. The van der Waals surface area contributed by atoms with E-state index in [0.717, 1.165) is 17.8 Å². The Morgan fingerprint density at radius 1 is 1.44 bits per heavy atom. The topological polar surface area (TPSA) is 124 Å². The van der Waals surface area contributed by atoms with Gasteiger partial charge in [-0.1, -0.05) is 6.07 Å². The van der Waals surface area contributed by atoms with Crippen LogP contribution < -0.4 is 5.73 Å². The van der Waals surface area contributed by atoms with E-state index in [1.807, 2.05) is 0 Å². The number of hydrogen-bond acceptors (Lipinski definition) is 5. The SMILES string of the molecule is NC(=O)c1ccc(CSCC(=O)O)c([N+](=O)[O-])c1. The number of nitrogens with two attached hydrogens (primary N) is 1. The molecule has 0 spiro atoms. The van der Waals surface area contributed by atoms with Gasteiger partial charge in [0.05, 0.1) is 10.7 Å². The van der Waals surface area contributed by atoms with Crippen molar-refractivity contribution >= 4 is 29.3 Å². The summed E-state index contributed by atoms with van der Waals surface area (Å²) >= 11 is 1.04. The van der Waals surface area contributed by atoms with Crippen LogP contribution in [0.4, 0.5) is 5.69 Å². The van der Waals surface area contributed by atoms with Crippen LogP contribution in [0, 0.1) is 10.1 Å². The van der Waals surface area contributed by atoms with E-state index in [-0.39, 0.29) is 22.8 Å². The quantitative estimate of drug-likeness (QED) is 0.587. The molecule has 96 valence electrons. The summed E-state index contributed by atoms with van der Waals surface area (Å²) in [6.45, 7) is 0. The Labute approximate surface area is 106 Å².